The van der Waals surface area contributed by atoms with Gasteiger partial charge in [0.15, 0.2) is 0 Å². The minimum Gasteiger partial charge on any atom is -0.494 e. The van der Waals surface area contributed by atoms with Crippen molar-refractivity contribution in [3.63, 3.8) is 0 Å². The molecule has 0 spiro atoms. The number of carbonyl (C=O) groups excluding carboxylic acids is 1. The van der Waals surface area contributed by atoms with E-state index in [4.69, 9.17) is 25.9 Å². The van der Waals surface area contributed by atoms with Crippen molar-refractivity contribution in [1.82, 2.24) is 0 Å². The fourth-order valence-corrected chi connectivity index (χ4v) is 2.80. The molecular formula is C21H20ClNO4. The molecule has 0 bridgehead atoms. The molecule has 140 valence electrons. The van der Waals surface area contributed by atoms with Gasteiger partial charge in [-0.3, -0.25) is 4.79 Å². The van der Waals surface area contributed by atoms with Gasteiger partial charge in [-0.15, -0.1) is 0 Å². The molecule has 0 saturated carbocycles. The van der Waals surface area contributed by atoms with Gasteiger partial charge in [0, 0.05) is 16.8 Å². The first-order valence-electron chi connectivity index (χ1n) is 8.64. The molecule has 0 aliphatic heterocycles. The van der Waals surface area contributed by atoms with E-state index in [-0.39, 0.29) is 12.5 Å². The Morgan fingerprint density at radius 2 is 1.93 bits per heavy atom. The Hall–Kier alpha value is -2.76. The van der Waals surface area contributed by atoms with Gasteiger partial charge < -0.3 is 19.6 Å². The second kappa shape index (κ2) is 8.75. The molecule has 0 atom stereocenters. The lowest BCUT2D eigenvalue weighted by atomic mass is 10.1. The molecule has 0 fully saturated rings. The number of aliphatic hydroxyl groups excluding tert-OH is 1. The number of amides is 1. The van der Waals surface area contributed by atoms with Gasteiger partial charge in [-0.05, 0) is 61.0 Å². The molecule has 1 heterocycles. The number of benzene rings is 2. The first-order valence-corrected chi connectivity index (χ1v) is 9.02. The monoisotopic (exact) mass is 385 g/mol. The summed E-state index contributed by atoms with van der Waals surface area (Å²) >= 11 is 6.32. The number of halogens is 1. The fraction of sp³-hybridized carbons (Fsp3) is 0.190. The summed E-state index contributed by atoms with van der Waals surface area (Å²) < 4.78 is 11.0. The molecule has 3 aromatic rings. The van der Waals surface area contributed by atoms with Gasteiger partial charge in [0.2, 0.25) is 0 Å². The average molecular weight is 386 g/mol. The van der Waals surface area contributed by atoms with Crippen molar-refractivity contribution >= 4 is 23.2 Å². The van der Waals surface area contributed by atoms with Crippen molar-refractivity contribution in [2.75, 3.05) is 11.9 Å². The summed E-state index contributed by atoms with van der Waals surface area (Å²) in [6, 6.07) is 15.6. The largest absolute Gasteiger partial charge is 0.494 e. The Morgan fingerprint density at radius 1 is 1.15 bits per heavy atom. The Kier molecular flexibility index (Phi) is 6.16. The molecule has 5 nitrogen and oxygen atoms in total. The number of furan rings is 1. The smallest absolute Gasteiger partial charge is 0.255 e. The highest BCUT2D eigenvalue weighted by atomic mass is 35.5. The Labute approximate surface area is 162 Å². The number of carbonyl (C=O) groups is 1. The van der Waals surface area contributed by atoms with Gasteiger partial charge in [0.05, 0.1) is 11.6 Å². The molecule has 0 unspecified atom stereocenters. The highest BCUT2D eigenvalue weighted by Crippen LogP contribution is 2.31. The maximum Gasteiger partial charge on any atom is 0.255 e. The summed E-state index contributed by atoms with van der Waals surface area (Å²) in [5.41, 5.74) is 1.79. The van der Waals surface area contributed by atoms with Gasteiger partial charge in [0.25, 0.3) is 5.91 Å². The van der Waals surface area contributed by atoms with Crippen LogP contribution in [-0.4, -0.2) is 17.6 Å². The Balaban J connectivity index is 1.70. The Bertz CT molecular complexity index is 918. The number of anilines is 1. The predicted molar refractivity (Wildman–Crippen MR) is 105 cm³/mol. The van der Waals surface area contributed by atoms with Crippen LogP contribution in [0.1, 0.15) is 29.5 Å². The minimum absolute atomic E-state index is 0.173. The molecular weight excluding hydrogens is 366 g/mol. The lowest BCUT2D eigenvalue weighted by Gasteiger charge is -2.09. The topological polar surface area (TPSA) is 71.7 Å². The van der Waals surface area contributed by atoms with E-state index in [1.807, 2.05) is 6.92 Å². The third-order valence-corrected chi connectivity index (χ3v) is 4.21. The third kappa shape index (κ3) is 4.70. The normalized spacial score (nSPS) is 10.6. The summed E-state index contributed by atoms with van der Waals surface area (Å²) in [5.74, 6) is 1.53. The number of nitrogens with one attached hydrogen (secondary N) is 1. The number of rotatable bonds is 7. The molecule has 0 aliphatic rings. The second-order valence-corrected chi connectivity index (χ2v) is 6.35. The van der Waals surface area contributed by atoms with Crippen molar-refractivity contribution in [3.8, 4) is 17.1 Å². The van der Waals surface area contributed by atoms with E-state index in [0.717, 1.165) is 12.2 Å². The maximum absolute atomic E-state index is 12.4. The quantitative estimate of drug-likeness (QED) is 0.591. The van der Waals surface area contributed by atoms with Gasteiger partial charge in [-0.25, -0.2) is 0 Å². The van der Waals surface area contributed by atoms with Crippen LogP contribution in [0.5, 0.6) is 5.75 Å². The van der Waals surface area contributed by atoms with Crippen molar-refractivity contribution in [2.24, 2.45) is 0 Å². The SMILES string of the molecule is CCCOc1ccc(C(=O)Nc2ccc(-c3ccc(CO)o3)c(Cl)c2)cc1. The third-order valence-electron chi connectivity index (χ3n) is 3.90. The van der Waals surface area contributed by atoms with Crippen molar-refractivity contribution in [2.45, 2.75) is 20.0 Å². The van der Waals surface area contributed by atoms with Crippen LogP contribution in [0, 0.1) is 0 Å². The van der Waals surface area contributed by atoms with Crippen LogP contribution in [-0.2, 0) is 6.61 Å². The zero-order valence-electron chi connectivity index (χ0n) is 14.9. The lowest BCUT2D eigenvalue weighted by molar-refractivity contribution is 0.102. The summed E-state index contributed by atoms with van der Waals surface area (Å²) in [5, 5.41) is 12.4. The van der Waals surface area contributed by atoms with Gasteiger partial charge >= 0.3 is 0 Å². The van der Waals surface area contributed by atoms with E-state index in [1.165, 1.54) is 0 Å². The molecule has 27 heavy (non-hydrogen) atoms. The standard InChI is InChI=1S/C21H20ClNO4/c1-2-11-26-16-6-3-14(4-7-16)21(25)23-15-5-9-18(19(22)12-15)20-10-8-17(13-24)27-20/h3-10,12,24H,2,11,13H2,1H3,(H,23,25). The first-order chi connectivity index (χ1) is 13.1. The molecule has 2 aromatic carbocycles. The molecule has 2 N–H and O–H groups in total. The van der Waals surface area contributed by atoms with Gasteiger partial charge in [-0.1, -0.05) is 18.5 Å². The number of hydrogen-bond donors (Lipinski definition) is 2. The second-order valence-electron chi connectivity index (χ2n) is 5.95. The zero-order valence-corrected chi connectivity index (χ0v) is 15.6. The highest BCUT2D eigenvalue weighted by Gasteiger charge is 2.11. The average Bonchev–Trinajstić information content (AvgIpc) is 3.16. The van der Waals surface area contributed by atoms with Crippen LogP contribution in [0.2, 0.25) is 5.02 Å². The predicted octanol–water partition coefficient (Wildman–Crippen LogP) is 5.13. The van der Waals surface area contributed by atoms with Crippen LogP contribution in [0.15, 0.2) is 59.0 Å². The molecule has 6 heteroatoms. The lowest BCUT2D eigenvalue weighted by Crippen LogP contribution is -2.11. The summed E-state index contributed by atoms with van der Waals surface area (Å²) in [4.78, 5) is 12.4. The van der Waals surface area contributed by atoms with Gasteiger partial charge in [-0.2, -0.15) is 0 Å². The van der Waals surface area contributed by atoms with Crippen LogP contribution < -0.4 is 10.1 Å². The minimum atomic E-state index is -0.235. The van der Waals surface area contributed by atoms with E-state index >= 15 is 0 Å². The summed E-state index contributed by atoms with van der Waals surface area (Å²) in [6.07, 6.45) is 0.929. The van der Waals surface area contributed by atoms with E-state index in [0.29, 0.717) is 40.0 Å². The number of hydrogen-bond acceptors (Lipinski definition) is 4. The van der Waals surface area contributed by atoms with Crippen molar-refractivity contribution in [1.29, 1.82) is 0 Å². The van der Waals surface area contributed by atoms with Crippen LogP contribution in [0.3, 0.4) is 0 Å². The molecule has 3 rings (SSSR count). The summed E-state index contributed by atoms with van der Waals surface area (Å²) in [6.45, 7) is 2.51. The number of ether oxygens (including phenoxy) is 1. The number of aliphatic hydroxyl groups is 1. The molecule has 0 saturated heterocycles. The van der Waals surface area contributed by atoms with E-state index in [2.05, 4.69) is 5.32 Å². The Morgan fingerprint density at radius 3 is 2.56 bits per heavy atom. The maximum atomic E-state index is 12.4. The zero-order chi connectivity index (χ0) is 19.2. The van der Waals surface area contributed by atoms with Crippen molar-refractivity contribution in [3.05, 3.63) is 70.9 Å². The first kappa shape index (κ1) is 19.0. The molecule has 0 aliphatic carbocycles. The van der Waals surface area contributed by atoms with Crippen molar-refractivity contribution < 1.29 is 19.1 Å². The molecule has 1 amide bonds. The van der Waals surface area contributed by atoms with E-state index in [1.54, 1.807) is 54.6 Å². The molecule has 0 radical (unpaired) electrons. The highest BCUT2D eigenvalue weighted by molar-refractivity contribution is 6.33. The van der Waals surface area contributed by atoms with E-state index < -0.39 is 0 Å². The van der Waals surface area contributed by atoms with Gasteiger partial charge in [0.1, 0.15) is 23.9 Å². The van der Waals surface area contributed by atoms with E-state index in [9.17, 15) is 4.79 Å². The van der Waals surface area contributed by atoms with Crippen LogP contribution in [0.25, 0.3) is 11.3 Å². The summed E-state index contributed by atoms with van der Waals surface area (Å²) in [7, 11) is 0. The van der Waals surface area contributed by atoms with Crippen LogP contribution in [0.4, 0.5) is 5.69 Å². The fourth-order valence-electron chi connectivity index (χ4n) is 2.53. The molecule has 1 aromatic heterocycles. The van der Waals surface area contributed by atoms with Crippen LogP contribution >= 0.6 is 11.6 Å².